The van der Waals surface area contributed by atoms with Crippen LogP contribution < -0.4 is 5.14 Å². The van der Waals surface area contributed by atoms with Crippen molar-refractivity contribution in [1.82, 2.24) is 0 Å². The highest BCUT2D eigenvalue weighted by molar-refractivity contribution is 7.89. The minimum Gasteiger partial charge on any atom is -0.462 e. The Kier molecular flexibility index (Phi) is 5.53. The number of carbonyl (C=O) groups is 1. The lowest BCUT2D eigenvalue weighted by atomic mass is 9.93. The summed E-state index contributed by atoms with van der Waals surface area (Å²) in [6.45, 7) is 8.27. The lowest BCUT2D eigenvalue weighted by molar-refractivity contribution is 0.0464. The lowest BCUT2D eigenvalue weighted by Crippen LogP contribution is -2.17. The molecule has 0 unspecified atom stereocenters. The summed E-state index contributed by atoms with van der Waals surface area (Å²) in [5.41, 5.74) is 0.854. The molecule has 1 rings (SSSR count). The van der Waals surface area contributed by atoms with E-state index in [9.17, 15) is 13.2 Å². The van der Waals surface area contributed by atoms with Crippen molar-refractivity contribution >= 4 is 16.0 Å². The van der Waals surface area contributed by atoms with E-state index >= 15 is 0 Å². The Labute approximate surface area is 126 Å². The molecule has 6 heteroatoms. The van der Waals surface area contributed by atoms with Gasteiger partial charge in [-0.05, 0) is 36.0 Å². The first-order chi connectivity index (χ1) is 9.54. The topological polar surface area (TPSA) is 86.5 Å². The standard InChI is InChI=1S/C15H23NO4S/c1-5-11-6-7-12(10-13(11)21(16,18)19)14(17)20-9-8-15(2,3)4/h6-7,10H,5,8-9H2,1-4H3,(H2,16,18,19). The summed E-state index contributed by atoms with van der Waals surface area (Å²) in [5, 5.41) is 5.18. The van der Waals surface area contributed by atoms with Crippen molar-refractivity contribution in [3.8, 4) is 0 Å². The molecule has 0 aliphatic heterocycles. The number of aryl methyl sites for hydroxylation is 1. The molecule has 0 radical (unpaired) electrons. The first kappa shape index (κ1) is 17.7. The molecular formula is C15H23NO4S. The molecule has 5 nitrogen and oxygen atoms in total. The van der Waals surface area contributed by atoms with Crippen LogP contribution in [-0.4, -0.2) is 21.0 Å². The molecule has 118 valence electrons. The van der Waals surface area contributed by atoms with Crippen molar-refractivity contribution in [3.05, 3.63) is 29.3 Å². The second-order valence-corrected chi connectivity index (χ2v) is 7.70. The summed E-state index contributed by atoms with van der Waals surface area (Å²) < 4.78 is 28.3. The van der Waals surface area contributed by atoms with Gasteiger partial charge >= 0.3 is 5.97 Å². The fraction of sp³-hybridized carbons (Fsp3) is 0.533. The summed E-state index contributed by atoms with van der Waals surface area (Å²) in [4.78, 5) is 11.9. The van der Waals surface area contributed by atoms with Crippen LogP contribution in [0.1, 0.15) is 50.0 Å². The summed E-state index contributed by atoms with van der Waals surface area (Å²) in [7, 11) is -3.85. The third-order valence-corrected chi connectivity index (χ3v) is 4.07. The van der Waals surface area contributed by atoms with E-state index in [2.05, 4.69) is 20.8 Å². The maximum atomic E-state index is 12.0. The molecule has 0 atom stereocenters. The average molecular weight is 313 g/mol. The number of primary sulfonamides is 1. The molecule has 21 heavy (non-hydrogen) atoms. The van der Waals surface area contributed by atoms with Crippen LogP contribution in [0.2, 0.25) is 0 Å². The van der Waals surface area contributed by atoms with Gasteiger partial charge in [-0.2, -0.15) is 0 Å². The third kappa shape index (κ3) is 5.47. The lowest BCUT2D eigenvalue weighted by Gasteiger charge is -2.17. The van der Waals surface area contributed by atoms with Crippen molar-refractivity contribution in [1.29, 1.82) is 0 Å². The fourth-order valence-corrected chi connectivity index (χ4v) is 2.64. The van der Waals surface area contributed by atoms with Gasteiger partial charge in [0, 0.05) is 0 Å². The Bertz CT molecular complexity index is 615. The van der Waals surface area contributed by atoms with E-state index in [4.69, 9.17) is 9.88 Å². The highest BCUT2D eigenvalue weighted by Crippen LogP contribution is 2.20. The van der Waals surface area contributed by atoms with Gasteiger partial charge in [-0.15, -0.1) is 0 Å². The van der Waals surface area contributed by atoms with E-state index in [0.29, 0.717) is 18.6 Å². The molecule has 1 aromatic carbocycles. The Morgan fingerprint density at radius 3 is 2.38 bits per heavy atom. The number of benzene rings is 1. The molecule has 0 saturated heterocycles. The Morgan fingerprint density at radius 1 is 1.29 bits per heavy atom. The van der Waals surface area contributed by atoms with Gasteiger partial charge in [0.2, 0.25) is 10.0 Å². The van der Waals surface area contributed by atoms with E-state index < -0.39 is 16.0 Å². The van der Waals surface area contributed by atoms with Crippen molar-refractivity contribution < 1.29 is 17.9 Å². The van der Waals surface area contributed by atoms with Crippen LogP contribution in [0.4, 0.5) is 0 Å². The van der Waals surface area contributed by atoms with Crippen LogP contribution in [0, 0.1) is 5.41 Å². The van der Waals surface area contributed by atoms with Crippen LogP contribution in [-0.2, 0) is 21.2 Å². The molecule has 2 N–H and O–H groups in total. The van der Waals surface area contributed by atoms with Gasteiger partial charge in [-0.1, -0.05) is 33.8 Å². The Morgan fingerprint density at radius 2 is 1.90 bits per heavy atom. The molecule has 0 spiro atoms. The van der Waals surface area contributed by atoms with Crippen LogP contribution in [0.3, 0.4) is 0 Å². The minimum absolute atomic E-state index is 0.0183. The molecule has 0 aromatic heterocycles. The first-order valence-electron chi connectivity index (χ1n) is 6.87. The van der Waals surface area contributed by atoms with Gasteiger partial charge in [0.1, 0.15) is 0 Å². The van der Waals surface area contributed by atoms with Gasteiger partial charge in [-0.25, -0.2) is 18.4 Å². The number of esters is 1. The second-order valence-electron chi connectivity index (χ2n) is 6.17. The van der Waals surface area contributed by atoms with Gasteiger partial charge < -0.3 is 4.74 Å². The highest BCUT2D eigenvalue weighted by atomic mass is 32.2. The maximum Gasteiger partial charge on any atom is 0.338 e. The smallest absolute Gasteiger partial charge is 0.338 e. The zero-order valence-corrected chi connectivity index (χ0v) is 13.8. The van der Waals surface area contributed by atoms with Gasteiger partial charge in [-0.3, -0.25) is 0 Å². The molecule has 0 saturated carbocycles. The predicted molar refractivity (Wildman–Crippen MR) is 81.5 cm³/mol. The number of rotatable bonds is 5. The van der Waals surface area contributed by atoms with Crippen molar-refractivity contribution in [3.63, 3.8) is 0 Å². The Hall–Kier alpha value is -1.40. The Balaban J connectivity index is 2.92. The highest BCUT2D eigenvalue weighted by Gasteiger charge is 2.18. The van der Waals surface area contributed by atoms with Gasteiger partial charge in [0.25, 0.3) is 0 Å². The molecule has 1 aromatic rings. The average Bonchev–Trinajstić information content (AvgIpc) is 2.35. The van der Waals surface area contributed by atoms with E-state index in [1.54, 1.807) is 12.1 Å². The number of sulfonamides is 1. The maximum absolute atomic E-state index is 12.0. The second kappa shape index (κ2) is 6.58. The number of nitrogens with two attached hydrogens (primary N) is 1. The zero-order chi connectivity index (χ0) is 16.3. The normalized spacial score (nSPS) is 12.2. The van der Waals surface area contributed by atoms with Crippen LogP contribution in [0.25, 0.3) is 0 Å². The van der Waals surface area contributed by atoms with E-state index in [1.165, 1.54) is 6.07 Å². The third-order valence-electron chi connectivity index (χ3n) is 3.08. The molecule has 0 heterocycles. The van der Waals surface area contributed by atoms with Crippen molar-refractivity contribution in [2.75, 3.05) is 6.61 Å². The van der Waals surface area contributed by atoms with Crippen LogP contribution in [0.15, 0.2) is 23.1 Å². The fourth-order valence-electron chi connectivity index (χ4n) is 1.77. The molecule has 0 aliphatic carbocycles. The summed E-state index contributed by atoms with van der Waals surface area (Å²) in [6.07, 6.45) is 1.25. The van der Waals surface area contributed by atoms with Crippen molar-refractivity contribution in [2.24, 2.45) is 10.6 Å². The number of hydrogen-bond acceptors (Lipinski definition) is 4. The summed E-state index contributed by atoms with van der Waals surface area (Å²) >= 11 is 0. The minimum atomic E-state index is -3.85. The van der Waals surface area contributed by atoms with Gasteiger partial charge in [0.15, 0.2) is 0 Å². The van der Waals surface area contributed by atoms with Crippen LogP contribution >= 0.6 is 0 Å². The van der Waals surface area contributed by atoms with Gasteiger partial charge in [0.05, 0.1) is 17.1 Å². The van der Waals surface area contributed by atoms with Crippen LogP contribution in [0.5, 0.6) is 0 Å². The monoisotopic (exact) mass is 313 g/mol. The molecule has 0 aliphatic rings. The van der Waals surface area contributed by atoms with E-state index in [1.807, 2.05) is 6.92 Å². The number of hydrogen-bond donors (Lipinski definition) is 1. The molecule has 0 fully saturated rings. The summed E-state index contributed by atoms with van der Waals surface area (Å²) in [6, 6.07) is 4.45. The molecular weight excluding hydrogens is 290 g/mol. The number of carbonyl (C=O) groups excluding carboxylic acids is 1. The zero-order valence-electron chi connectivity index (χ0n) is 13.0. The molecule has 0 bridgehead atoms. The van der Waals surface area contributed by atoms with Crippen molar-refractivity contribution in [2.45, 2.75) is 45.4 Å². The molecule has 0 amide bonds. The largest absolute Gasteiger partial charge is 0.462 e. The quantitative estimate of drug-likeness (QED) is 0.846. The number of ether oxygens (including phenoxy) is 1. The first-order valence-corrected chi connectivity index (χ1v) is 8.42. The van der Waals surface area contributed by atoms with E-state index in [0.717, 1.165) is 6.42 Å². The predicted octanol–water partition coefficient (Wildman–Crippen LogP) is 2.49. The van der Waals surface area contributed by atoms with E-state index in [-0.39, 0.29) is 15.9 Å². The summed E-state index contributed by atoms with van der Waals surface area (Å²) in [5.74, 6) is -0.535. The SMILES string of the molecule is CCc1ccc(C(=O)OCCC(C)(C)C)cc1S(N)(=O)=O.